The van der Waals surface area contributed by atoms with Crippen molar-refractivity contribution in [2.75, 3.05) is 6.54 Å². The molecule has 0 aliphatic rings. The molecule has 0 fully saturated rings. The van der Waals surface area contributed by atoms with Gasteiger partial charge in [0.15, 0.2) is 0 Å². The lowest BCUT2D eigenvalue weighted by atomic mass is 10.0. The molecule has 0 bridgehead atoms. The van der Waals surface area contributed by atoms with E-state index in [0.717, 1.165) is 28.6 Å². The first-order chi connectivity index (χ1) is 10.6. The van der Waals surface area contributed by atoms with Crippen molar-refractivity contribution in [3.63, 3.8) is 0 Å². The van der Waals surface area contributed by atoms with Crippen LogP contribution in [0, 0.1) is 0 Å². The molecule has 0 aliphatic heterocycles. The number of aromatic amines is 1. The van der Waals surface area contributed by atoms with Crippen molar-refractivity contribution >= 4 is 28.4 Å². The van der Waals surface area contributed by atoms with Crippen LogP contribution in [0.15, 0.2) is 48.5 Å². The maximum atomic E-state index is 11.1. The van der Waals surface area contributed by atoms with Crippen LogP contribution >= 0.6 is 11.6 Å². The van der Waals surface area contributed by atoms with Gasteiger partial charge in [0.1, 0.15) is 0 Å². The van der Waals surface area contributed by atoms with Gasteiger partial charge in [0, 0.05) is 35.1 Å². The number of amides is 1. The van der Waals surface area contributed by atoms with E-state index in [1.807, 2.05) is 36.4 Å². The van der Waals surface area contributed by atoms with Gasteiger partial charge in [0.2, 0.25) is 5.91 Å². The molecular weight excluding hydrogens is 296 g/mol. The summed E-state index contributed by atoms with van der Waals surface area (Å²) in [6.07, 6.45) is 0.754. The monoisotopic (exact) mass is 312 g/mol. The Balaban J connectivity index is 2.07. The molecule has 0 saturated carbocycles. The summed E-state index contributed by atoms with van der Waals surface area (Å²) in [5.74, 6) is -0.0147. The Bertz CT molecular complexity index is 809. The SMILES string of the molecule is CC(=O)NCCc1c(-c2ccccc2)[nH]c2ccc(Cl)cc12. The fraction of sp³-hybridized carbons (Fsp3) is 0.167. The van der Waals surface area contributed by atoms with Gasteiger partial charge in [-0.3, -0.25) is 4.79 Å². The van der Waals surface area contributed by atoms with E-state index >= 15 is 0 Å². The smallest absolute Gasteiger partial charge is 0.216 e. The van der Waals surface area contributed by atoms with Crippen LogP contribution in [0.4, 0.5) is 0 Å². The molecular formula is C18H17ClN2O. The molecule has 3 rings (SSSR count). The van der Waals surface area contributed by atoms with Gasteiger partial charge < -0.3 is 10.3 Å². The number of nitrogens with one attached hydrogen (secondary N) is 2. The number of hydrogen-bond acceptors (Lipinski definition) is 1. The summed E-state index contributed by atoms with van der Waals surface area (Å²) in [7, 11) is 0. The lowest BCUT2D eigenvalue weighted by Gasteiger charge is -2.06. The quantitative estimate of drug-likeness (QED) is 0.746. The van der Waals surface area contributed by atoms with Gasteiger partial charge in [-0.1, -0.05) is 41.9 Å². The molecule has 0 unspecified atom stereocenters. The second-order valence-electron chi connectivity index (χ2n) is 5.27. The molecule has 2 N–H and O–H groups in total. The predicted octanol–water partition coefficient (Wildman–Crippen LogP) is 4.17. The standard InChI is InChI=1S/C18H17ClN2O/c1-12(22)20-10-9-15-16-11-14(19)7-8-17(16)21-18(15)13-5-3-2-4-6-13/h2-8,11,21H,9-10H2,1H3,(H,20,22). The topological polar surface area (TPSA) is 44.9 Å². The summed E-state index contributed by atoms with van der Waals surface area (Å²) in [6.45, 7) is 2.14. The molecule has 1 aromatic heterocycles. The van der Waals surface area contributed by atoms with Gasteiger partial charge in [-0.15, -0.1) is 0 Å². The molecule has 2 aromatic carbocycles. The highest BCUT2D eigenvalue weighted by atomic mass is 35.5. The number of halogens is 1. The highest BCUT2D eigenvalue weighted by Crippen LogP contribution is 2.32. The van der Waals surface area contributed by atoms with Crippen molar-refractivity contribution in [2.45, 2.75) is 13.3 Å². The highest BCUT2D eigenvalue weighted by molar-refractivity contribution is 6.31. The fourth-order valence-corrected chi connectivity index (χ4v) is 2.87. The van der Waals surface area contributed by atoms with Gasteiger partial charge in [-0.2, -0.15) is 0 Å². The van der Waals surface area contributed by atoms with Crippen molar-refractivity contribution in [1.82, 2.24) is 10.3 Å². The van der Waals surface area contributed by atoms with E-state index in [4.69, 9.17) is 11.6 Å². The second kappa shape index (κ2) is 6.24. The van der Waals surface area contributed by atoms with Crippen LogP contribution in [0.3, 0.4) is 0 Å². The van der Waals surface area contributed by atoms with Crippen molar-refractivity contribution in [3.05, 3.63) is 59.1 Å². The second-order valence-corrected chi connectivity index (χ2v) is 5.70. The predicted molar refractivity (Wildman–Crippen MR) is 91.1 cm³/mol. The van der Waals surface area contributed by atoms with Crippen LogP contribution in [0.1, 0.15) is 12.5 Å². The number of aromatic nitrogens is 1. The van der Waals surface area contributed by atoms with Gasteiger partial charge in [0.05, 0.1) is 0 Å². The van der Waals surface area contributed by atoms with Gasteiger partial charge in [-0.05, 0) is 35.7 Å². The number of rotatable bonds is 4. The Morgan fingerprint density at radius 1 is 1.18 bits per heavy atom. The van der Waals surface area contributed by atoms with Gasteiger partial charge >= 0.3 is 0 Å². The summed E-state index contributed by atoms with van der Waals surface area (Å²) in [5, 5.41) is 4.68. The Labute approximate surface area is 134 Å². The molecule has 0 atom stereocenters. The van der Waals surface area contributed by atoms with Crippen LogP contribution in [0.25, 0.3) is 22.2 Å². The summed E-state index contributed by atoms with van der Waals surface area (Å²) >= 11 is 6.15. The van der Waals surface area contributed by atoms with Crippen molar-refractivity contribution in [2.24, 2.45) is 0 Å². The Hall–Kier alpha value is -2.26. The Kier molecular flexibility index (Phi) is 4.16. The van der Waals surface area contributed by atoms with E-state index in [0.29, 0.717) is 11.6 Å². The minimum atomic E-state index is -0.0147. The van der Waals surface area contributed by atoms with Gasteiger partial charge in [-0.25, -0.2) is 0 Å². The summed E-state index contributed by atoms with van der Waals surface area (Å²) < 4.78 is 0. The maximum Gasteiger partial charge on any atom is 0.216 e. The first-order valence-electron chi connectivity index (χ1n) is 7.25. The zero-order valence-corrected chi connectivity index (χ0v) is 13.1. The fourth-order valence-electron chi connectivity index (χ4n) is 2.69. The lowest BCUT2D eigenvalue weighted by Crippen LogP contribution is -2.22. The Morgan fingerprint density at radius 2 is 1.95 bits per heavy atom. The number of benzene rings is 2. The third kappa shape index (κ3) is 3.00. The molecule has 0 aliphatic carbocycles. The van der Waals surface area contributed by atoms with Crippen LogP contribution in [0.5, 0.6) is 0 Å². The zero-order valence-electron chi connectivity index (χ0n) is 12.3. The number of hydrogen-bond donors (Lipinski definition) is 2. The molecule has 4 heteroatoms. The molecule has 22 heavy (non-hydrogen) atoms. The molecule has 3 aromatic rings. The van der Waals surface area contributed by atoms with E-state index in [-0.39, 0.29) is 5.91 Å². The normalized spacial score (nSPS) is 10.8. The van der Waals surface area contributed by atoms with E-state index in [2.05, 4.69) is 22.4 Å². The maximum absolute atomic E-state index is 11.1. The van der Waals surface area contributed by atoms with Crippen LogP contribution < -0.4 is 5.32 Å². The first kappa shape index (κ1) is 14.7. The minimum absolute atomic E-state index is 0.0147. The summed E-state index contributed by atoms with van der Waals surface area (Å²) in [6, 6.07) is 16.0. The average Bonchev–Trinajstić information content (AvgIpc) is 2.86. The summed E-state index contributed by atoms with van der Waals surface area (Å²) in [4.78, 5) is 14.6. The highest BCUT2D eigenvalue weighted by Gasteiger charge is 2.13. The number of carbonyl (C=O) groups is 1. The number of H-pyrrole nitrogens is 1. The first-order valence-corrected chi connectivity index (χ1v) is 7.63. The van der Waals surface area contributed by atoms with Crippen molar-refractivity contribution in [1.29, 1.82) is 0 Å². The molecule has 112 valence electrons. The average molecular weight is 313 g/mol. The number of carbonyl (C=O) groups excluding carboxylic acids is 1. The molecule has 1 amide bonds. The van der Waals surface area contributed by atoms with Crippen molar-refractivity contribution < 1.29 is 4.79 Å². The lowest BCUT2D eigenvalue weighted by molar-refractivity contribution is -0.118. The molecule has 3 nitrogen and oxygen atoms in total. The molecule has 1 heterocycles. The third-order valence-electron chi connectivity index (χ3n) is 3.68. The van der Waals surface area contributed by atoms with Crippen LogP contribution in [0.2, 0.25) is 5.02 Å². The van der Waals surface area contributed by atoms with Crippen LogP contribution in [-0.4, -0.2) is 17.4 Å². The van der Waals surface area contributed by atoms with Crippen LogP contribution in [-0.2, 0) is 11.2 Å². The zero-order chi connectivity index (χ0) is 15.5. The molecule has 0 saturated heterocycles. The van der Waals surface area contributed by atoms with E-state index < -0.39 is 0 Å². The van der Waals surface area contributed by atoms with Gasteiger partial charge in [0.25, 0.3) is 0 Å². The number of fused-ring (bicyclic) bond motifs is 1. The molecule has 0 radical (unpaired) electrons. The minimum Gasteiger partial charge on any atom is -0.356 e. The van der Waals surface area contributed by atoms with E-state index in [1.54, 1.807) is 0 Å². The molecule has 0 spiro atoms. The summed E-state index contributed by atoms with van der Waals surface area (Å²) in [5.41, 5.74) is 4.45. The van der Waals surface area contributed by atoms with E-state index in [9.17, 15) is 4.79 Å². The van der Waals surface area contributed by atoms with E-state index in [1.165, 1.54) is 12.5 Å². The van der Waals surface area contributed by atoms with Crippen molar-refractivity contribution in [3.8, 4) is 11.3 Å². The third-order valence-corrected chi connectivity index (χ3v) is 3.91. The largest absolute Gasteiger partial charge is 0.356 e. The Morgan fingerprint density at radius 3 is 2.68 bits per heavy atom.